The summed E-state index contributed by atoms with van der Waals surface area (Å²) in [5.41, 5.74) is 1.11. The fraction of sp³-hybridized carbons (Fsp3) is 0.318. The molecule has 27 heavy (non-hydrogen) atoms. The van der Waals surface area contributed by atoms with Gasteiger partial charge in [-0.15, -0.1) is 0 Å². The van der Waals surface area contributed by atoms with E-state index in [1.807, 2.05) is 18.2 Å². The maximum atomic E-state index is 11.3. The van der Waals surface area contributed by atoms with E-state index in [9.17, 15) is 4.79 Å². The fourth-order valence-electron chi connectivity index (χ4n) is 3.09. The monoisotopic (exact) mass is 478 g/mol. The Morgan fingerprint density at radius 3 is 2.96 bits per heavy atom. The van der Waals surface area contributed by atoms with Crippen molar-refractivity contribution in [2.75, 3.05) is 13.2 Å². The van der Waals surface area contributed by atoms with Gasteiger partial charge in [0, 0.05) is 5.57 Å². The number of fused-ring (bicyclic) bond motifs is 1. The van der Waals surface area contributed by atoms with Crippen molar-refractivity contribution >= 4 is 39.3 Å². The van der Waals surface area contributed by atoms with Crippen LogP contribution >= 0.6 is 22.6 Å². The average molecular weight is 478 g/mol. The van der Waals surface area contributed by atoms with Gasteiger partial charge < -0.3 is 14.2 Å². The second kappa shape index (κ2) is 9.78. The van der Waals surface area contributed by atoms with E-state index in [-0.39, 0.29) is 6.10 Å². The number of benzene rings is 2. The Hall–Kier alpha value is -2.02. The molecule has 0 bridgehead atoms. The van der Waals surface area contributed by atoms with Crippen LogP contribution in [0.15, 0.2) is 60.4 Å². The molecule has 0 saturated carbocycles. The summed E-state index contributed by atoms with van der Waals surface area (Å²) in [6.07, 6.45) is 7.94. The Morgan fingerprint density at radius 2 is 2.11 bits per heavy atom. The molecule has 2 aromatic carbocycles. The van der Waals surface area contributed by atoms with Crippen molar-refractivity contribution in [3.63, 3.8) is 0 Å². The third kappa shape index (κ3) is 5.25. The van der Waals surface area contributed by atoms with Crippen molar-refractivity contribution in [3.8, 4) is 5.75 Å². The number of carbonyl (C=O) groups excluding carboxylic acids is 1. The quantitative estimate of drug-likeness (QED) is 0.176. The van der Waals surface area contributed by atoms with Crippen LogP contribution in [-0.4, -0.2) is 25.3 Å². The lowest BCUT2D eigenvalue weighted by molar-refractivity contribution is -0.137. The van der Waals surface area contributed by atoms with Gasteiger partial charge in [0.25, 0.3) is 0 Å². The topological polar surface area (TPSA) is 44.8 Å². The van der Waals surface area contributed by atoms with Crippen LogP contribution < -0.4 is 4.74 Å². The molecule has 5 heteroatoms. The molecule has 1 unspecified atom stereocenters. The van der Waals surface area contributed by atoms with Gasteiger partial charge in [0.2, 0.25) is 0 Å². The molecule has 4 nitrogen and oxygen atoms in total. The van der Waals surface area contributed by atoms with Crippen LogP contribution in [-0.2, 0) is 14.3 Å². The minimum absolute atomic E-state index is 0.00979. The van der Waals surface area contributed by atoms with Crippen molar-refractivity contribution in [2.45, 2.75) is 32.3 Å². The summed E-state index contributed by atoms with van der Waals surface area (Å²) in [7, 11) is 0. The lowest BCUT2D eigenvalue weighted by Gasteiger charge is -2.26. The van der Waals surface area contributed by atoms with Gasteiger partial charge in [-0.05, 0) is 65.6 Å². The molecular weight excluding hydrogens is 455 g/mol. The zero-order chi connectivity index (χ0) is 19.1. The zero-order valence-electron chi connectivity index (χ0n) is 15.3. The van der Waals surface area contributed by atoms with Gasteiger partial charge in [0.05, 0.1) is 22.5 Å². The van der Waals surface area contributed by atoms with E-state index in [4.69, 9.17) is 14.2 Å². The number of ether oxygens (including phenoxy) is 3. The summed E-state index contributed by atoms with van der Waals surface area (Å²) in [6.45, 7) is 2.54. The molecule has 3 rings (SSSR count). The highest BCUT2D eigenvalue weighted by molar-refractivity contribution is 14.1. The van der Waals surface area contributed by atoms with Gasteiger partial charge in [-0.2, -0.15) is 0 Å². The first-order valence-electron chi connectivity index (χ1n) is 9.16. The molecule has 1 aliphatic carbocycles. The molecule has 0 saturated heterocycles. The Balaban J connectivity index is 1.66. The smallest absolute Gasteiger partial charge is 0.333 e. The molecule has 0 amide bonds. The SMILES string of the molecule is CCOC(=O)/C=C/OCC1=CCCCC1Oc1ccc2ccccc2c1I. The molecule has 0 radical (unpaired) electrons. The predicted molar refractivity (Wildman–Crippen MR) is 115 cm³/mol. The molecule has 2 aromatic rings. The Kier molecular flexibility index (Phi) is 7.15. The van der Waals surface area contributed by atoms with Crippen LogP contribution in [0.3, 0.4) is 0 Å². The van der Waals surface area contributed by atoms with E-state index in [1.54, 1.807) is 6.92 Å². The van der Waals surface area contributed by atoms with E-state index < -0.39 is 5.97 Å². The summed E-state index contributed by atoms with van der Waals surface area (Å²) < 4.78 is 17.8. The second-order valence-electron chi connectivity index (χ2n) is 6.28. The first kappa shape index (κ1) is 19.7. The Labute approximate surface area is 173 Å². The van der Waals surface area contributed by atoms with Crippen LogP contribution in [0.5, 0.6) is 5.75 Å². The van der Waals surface area contributed by atoms with Crippen LogP contribution in [0.25, 0.3) is 10.8 Å². The number of carbonyl (C=O) groups is 1. The molecule has 1 aliphatic rings. The molecule has 0 heterocycles. The summed E-state index contributed by atoms with van der Waals surface area (Å²) in [5.74, 6) is 0.503. The molecule has 1 atom stereocenters. The van der Waals surface area contributed by atoms with Gasteiger partial charge in [-0.25, -0.2) is 4.79 Å². The maximum Gasteiger partial charge on any atom is 0.333 e. The third-order valence-electron chi connectivity index (χ3n) is 4.42. The summed E-state index contributed by atoms with van der Waals surface area (Å²) >= 11 is 2.35. The van der Waals surface area contributed by atoms with Gasteiger partial charge >= 0.3 is 5.97 Å². The predicted octanol–water partition coefficient (Wildman–Crippen LogP) is 5.40. The zero-order valence-corrected chi connectivity index (χ0v) is 17.5. The molecule has 0 aromatic heterocycles. The van der Waals surface area contributed by atoms with Gasteiger partial charge in [0.15, 0.2) is 0 Å². The third-order valence-corrected chi connectivity index (χ3v) is 5.54. The van der Waals surface area contributed by atoms with Crippen molar-refractivity contribution in [1.82, 2.24) is 0 Å². The number of halogens is 1. The highest BCUT2D eigenvalue weighted by Crippen LogP contribution is 2.32. The molecule has 0 aliphatic heterocycles. The molecular formula is C22H23IO4. The first-order valence-corrected chi connectivity index (χ1v) is 10.2. The van der Waals surface area contributed by atoms with Crippen molar-refractivity contribution in [1.29, 1.82) is 0 Å². The van der Waals surface area contributed by atoms with Crippen LogP contribution in [0.4, 0.5) is 0 Å². The van der Waals surface area contributed by atoms with E-state index in [0.29, 0.717) is 13.2 Å². The van der Waals surface area contributed by atoms with Gasteiger partial charge in [0.1, 0.15) is 18.5 Å². The molecule has 0 spiro atoms. The number of allylic oxidation sites excluding steroid dienone is 1. The summed E-state index contributed by atoms with van der Waals surface area (Å²) in [6, 6.07) is 12.4. The Bertz CT molecular complexity index is 857. The minimum Gasteiger partial charge on any atom is -0.496 e. The largest absolute Gasteiger partial charge is 0.496 e. The molecule has 142 valence electrons. The summed E-state index contributed by atoms with van der Waals surface area (Å²) in [5, 5.41) is 2.41. The van der Waals surface area contributed by atoms with Crippen molar-refractivity contribution in [3.05, 3.63) is 64.0 Å². The standard InChI is InChI=1S/C22H23IO4/c1-2-26-21(24)13-14-25-15-17-8-4-6-10-19(17)27-20-12-11-16-7-3-5-9-18(16)22(20)23/h3,5,7-9,11-14,19H,2,4,6,10,15H2,1H3/b14-13+. The first-order chi connectivity index (χ1) is 13.2. The lowest BCUT2D eigenvalue weighted by atomic mass is 9.97. The number of hydrogen-bond acceptors (Lipinski definition) is 4. The number of rotatable bonds is 7. The van der Waals surface area contributed by atoms with Gasteiger partial charge in [-0.3, -0.25) is 0 Å². The summed E-state index contributed by atoms with van der Waals surface area (Å²) in [4.78, 5) is 11.3. The lowest BCUT2D eigenvalue weighted by Crippen LogP contribution is -2.24. The highest BCUT2D eigenvalue weighted by Gasteiger charge is 2.21. The van der Waals surface area contributed by atoms with E-state index in [0.717, 1.165) is 34.2 Å². The maximum absolute atomic E-state index is 11.3. The van der Waals surface area contributed by atoms with Crippen molar-refractivity contribution < 1.29 is 19.0 Å². The highest BCUT2D eigenvalue weighted by atomic mass is 127. The van der Waals surface area contributed by atoms with E-state index in [2.05, 4.69) is 46.9 Å². The van der Waals surface area contributed by atoms with Crippen LogP contribution in [0, 0.1) is 3.57 Å². The van der Waals surface area contributed by atoms with Crippen LogP contribution in [0.2, 0.25) is 0 Å². The number of esters is 1. The van der Waals surface area contributed by atoms with E-state index in [1.165, 1.54) is 23.1 Å². The van der Waals surface area contributed by atoms with E-state index >= 15 is 0 Å². The average Bonchev–Trinajstić information content (AvgIpc) is 2.69. The molecule has 0 fully saturated rings. The van der Waals surface area contributed by atoms with Gasteiger partial charge in [-0.1, -0.05) is 36.4 Å². The normalized spacial score (nSPS) is 17.0. The fourth-order valence-corrected chi connectivity index (χ4v) is 3.89. The second-order valence-corrected chi connectivity index (χ2v) is 7.36. The minimum atomic E-state index is -0.395. The Morgan fingerprint density at radius 1 is 1.26 bits per heavy atom. The molecule has 0 N–H and O–H groups in total. The number of hydrogen-bond donors (Lipinski definition) is 0. The van der Waals surface area contributed by atoms with Crippen LogP contribution in [0.1, 0.15) is 26.2 Å². The van der Waals surface area contributed by atoms with Crippen molar-refractivity contribution in [2.24, 2.45) is 0 Å².